The molecule has 0 aromatic heterocycles. The topological polar surface area (TPSA) is 59.3 Å². The van der Waals surface area contributed by atoms with E-state index < -0.39 is 5.60 Å². The molecule has 1 aliphatic rings. The summed E-state index contributed by atoms with van der Waals surface area (Å²) in [5.41, 5.74) is 0.992. The smallest absolute Gasteiger partial charge is 0.0991 e. The second kappa shape index (κ2) is 4.74. The van der Waals surface area contributed by atoms with Crippen LogP contribution in [0.5, 0.6) is 0 Å². The Bertz CT molecular complexity index is 419. The average Bonchev–Trinajstić information content (AvgIpc) is 2.50. The third-order valence-corrected chi connectivity index (χ3v) is 2.96. The number of nitriles is 1. The Kier molecular flexibility index (Phi) is 3.32. The fourth-order valence-corrected chi connectivity index (χ4v) is 2.08. The van der Waals surface area contributed by atoms with Gasteiger partial charge in [0.15, 0.2) is 0 Å². The van der Waals surface area contributed by atoms with Gasteiger partial charge < -0.3 is 15.3 Å². The van der Waals surface area contributed by atoms with Crippen LogP contribution in [0.15, 0.2) is 24.3 Å². The molecular formula is C13H17N3O. The summed E-state index contributed by atoms with van der Waals surface area (Å²) >= 11 is 0. The Balaban J connectivity index is 2.17. The van der Waals surface area contributed by atoms with Gasteiger partial charge in [-0.25, -0.2) is 0 Å². The van der Waals surface area contributed by atoms with E-state index in [0.29, 0.717) is 18.7 Å². The zero-order valence-corrected chi connectivity index (χ0v) is 9.98. The number of nitrogens with zero attached hydrogens (tertiary/aromatic N) is 2. The van der Waals surface area contributed by atoms with Gasteiger partial charge in [0.2, 0.25) is 0 Å². The molecule has 0 radical (unpaired) electrons. The molecule has 1 fully saturated rings. The Morgan fingerprint density at radius 1 is 1.41 bits per heavy atom. The lowest BCUT2D eigenvalue weighted by molar-refractivity contribution is 0.0729. The summed E-state index contributed by atoms with van der Waals surface area (Å²) in [6.07, 6.45) is 0. The highest BCUT2D eigenvalue weighted by Gasteiger charge is 2.26. The highest BCUT2D eigenvalue weighted by Crippen LogP contribution is 2.19. The van der Waals surface area contributed by atoms with Crippen molar-refractivity contribution in [3.05, 3.63) is 29.8 Å². The van der Waals surface area contributed by atoms with Crippen molar-refractivity contribution in [1.82, 2.24) is 5.32 Å². The molecule has 0 bridgehead atoms. The summed E-state index contributed by atoms with van der Waals surface area (Å²) in [6.45, 7) is 4.77. The summed E-state index contributed by atoms with van der Waals surface area (Å²) in [4.78, 5) is 2.14. The minimum Gasteiger partial charge on any atom is -0.387 e. The van der Waals surface area contributed by atoms with Crippen LogP contribution in [-0.2, 0) is 0 Å². The third kappa shape index (κ3) is 2.96. The van der Waals surface area contributed by atoms with Gasteiger partial charge in [0.25, 0.3) is 0 Å². The molecule has 1 unspecified atom stereocenters. The van der Waals surface area contributed by atoms with E-state index in [-0.39, 0.29) is 0 Å². The lowest BCUT2D eigenvalue weighted by atomic mass is 10.1. The molecule has 1 atom stereocenters. The third-order valence-electron chi connectivity index (χ3n) is 2.96. The van der Waals surface area contributed by atoms with Gasteiger partial charge >= 0.3 is 0 Å². The van der Waals surface area contributed by atoms with Crippen LogP contribution >= 0.6 is 0 Å². The maximum absolute atomic E-state index is 10.1. The number of anilines is 1. The number of rotatable bonds is 1. The number of aliphatic hydroxyl groups is 1. The molecule has 4 heteroatoms. The standard InChI is InChI=1S/C13H17N3O/c1-13(17)9-15-6-7-16(10-13)12-4-2-11(8-14)3-5-12/h2-5,15,17H,6-7,9-10H2,1H3. The van der Waals surface area contributed by atoms with Crippen LogP contribution in [0.1, 0.15) is 12.5 Å². The minimum absolute atomic E-state index is 0.603. The lowest BCUT2D eigenvalue weighted by Crippen LogP contribution is -2.43. The first-order valence-corrected chi connectivity index (χ1v) is 5.79. The van der Waals surface area contributed by atoms with Crippen LogP contribution < -0.4 is 10.2 Å². The van der Waals surface area contributed by atoms with E-state index in [9.17, 15) is 5.11 Å². The Labute approximate surface area is 101 Å². The molecule has 0 saturated carbocycles. The molecule has 90 valence electrons. The Morgan fingerprint density at radius 2 is 2.12 bits per heavy atom. The minimum atomic E-state index is -0.718. The number of hydrogen-bond acceptors (Lipinski definition) is 4. The monoisotopic (exact) mass is 231 g/mol. The number of nitrogens with one attached hydrogen (secondary N) is 1. The van der Waals surface area contributed by atoms with E-state index in [1.54, 1.807) is 0 Å². The van der Waals surface area contributed by atoms with Crippen LogP contribution in [0.4, 0.5) is 5.69 Å². The summed E-state index contributed by atoms with van der Waals surface area (Å²) < 4.78 is 0. The predicted molar refractivity (Wildman–Crippen MR) is 66.9 cm³/mol. The van der Waals surface area contributed by atoms with Crippen molar-refractivity contribution in [2.24, 2.45) is 0 Å². The summed E-state index contributed by atoms with van der Waals surface area (Å²) in [5.74, 6) is 0. The summed E-state index contributed by atoms with van der Waals surface area (Å²) in [5, 5.41) is 22.1. The number of β-amino-alcohol motifs (C(OH)–C–C–N with tert-alkyl or cyclic N) is 1. The molecule has 1 heterocycles. The summed E-state index contributed by atoms with van der Waals surface area (Å²) in [6, 6.07) is 9.58. The second-order valence-electron chi connectivity index (χ2n) is 4.75. The first-order chi connectivity index (χ1) is 8.11. The predicted octanol–water partition coefficient (Wildman–Crippen LogP) is 0.719. The van der Waals surface area contributed by atoms with Crippen LogP contribution in [-0.4, -0.2) is 36.9 Å². The van der Waals surface area contributed by atoms with Crippen molar-refractivity contribution < 1.29 is 5.11 Å². The van der Waals surface area contributed by atoms with Crippen molar-refractivity contribution >= 4 is 5.69 Å². The quantitative estimate of drug-likeness (QED) is 0.747. The largest absolute Gasteiger partial charge is 0.387 e. The first-order valence-electron chi connectivity index (χ1n) is 5.79. The van der Waals surface area contributed by atoms with E-state index in [2.05, 4.69) is 16.3 Å². The van der Waals surface area contributed by atoms with E-state index in [1.807, 2.05) is 31.2 Å². The molecule has 1 aromatic carbocycles. The molecule has 1 aliphatic heterocycles. The van der Waals surface area contributed by atoms with Gasteiger partial charge in [-0.05, 0) is 31.2 Å². The SMILES string of the molecule is CC1(O)CNCCN(c2ccc(C#N)cc2)C1. The van der Waals surface area contributed by atoms with E-state index >= 15 is 0 Å². The highest BCUT2D eigenvalue weighted by atomic mass is 16.3. The van der Waals surface area contributed by atoms with Crippen LogP contribution in [0.3, 0.4) is 0 Å². The van der Waals surface area contributed by atoms with E-state index in [1.165, 1.54) is 0 Å². The highest BCUT2D eigenvalue weighted by molar-refractivity contribution is 5.50. The van der Waals surface area contributed by atoms with Gasteiger partial charge in [-0.15, -0.1) is 0 Å². The Hall–Kier alpha value is -1.57. The first kappa shape index (κ1) is 11.9. The molecule has 2 N–H and O–H groups in total. The van der Waals surface area contributed by atoms with E-state index in [4.69, 9.17) is 5.26 Å². The molecule has 17 heavy (non-hydrogen) atoms. The zero-order chi connectivity index (χ0) is 12.3. The van der Waals surface area contributed by atoms with Gasteiger partial charge in [0.05, 0.1) is 17.2 Å². The van der Waals surface area contributed by atoms with Crippen LogP contribution in [0, 0.1) is 11.3 Å². The van der Waals surface area contributed by atoms with Crippen molar-refractivity contribution in [2.75, 3.05) is 31.1 Å². The van der Waals surface area contributed by atoms with Gasteiger partial charge in [0, 0.05) is 31.9 Å². The zero-order valence-electron chi connectivity index (χ0n) is 9.98. The maximum Gasteiger partial charge on any atom is 0.0991 e. The lowest BCUT2D eigenvalue weighted by Gasteiger charge is -2.29. The molecule has 1 saturated heterocycles. The van der Waals surface area contributed by atoms with Crippen molar-refractivity contribution in [2.45, 2.75) is 12.5 Å². The van der Waals surface area contributed by atoms with Gasteiger partial charge in [-0.2, -0.15) is 5.26 Å². The fraction of sp³-hybridized carbons (Fsp3) is 0.462. The molecule has 0 amide bonds. The molecule has 2 rings (SSSR count). The van der Waals surface area contributed by atoms with Crippen molar-refractivity contribution in [1.29, 1.82) is 5.26 Å². The van der Waals surface area contributed by atoms with Gasteiger partial charge in [0.1, 0.15) is 0 Å². The number of benzene rings is 1. The number of hydrogen-bond donors (Lipinski definition) is 2. The molecule has 0 aliphatic carbocycles. The molecule has 0 spiro atoms. The molecule has 1 aromatic rings. The fourth-order valence-electron chi connectivity index (χ4n) is 2.08. The van der Waals surface area contributed by atoms with Crippen LogP contribution in [0.2, 0.25) is 0 Å². The van der Waals surface area contributed by atoms with E-state index in [0.717, 1.165) is 18.8 Å². The molecule has 4 nitrogen and oxygen atoms in total. The van der Waals surface area contributed by atoms with Crippen molar-refractivity contribution in [3.63, 3.8) is 0 Å². The molecular weight excluding hydrogens is 214 g/mol. The van der Waals surface area contributed by atoms with Gasteiger partial charge in [-0.3, -0.25) is 0 Å². The second-order valence-corrected chi connectivity index (χ2v) is 4.75. The van der Waals surface area contributed by atoms with Crippen molar-refractivity contribution in [3.8, 4) is 6.07 Å². The maximum atomic E-state index is 10.1. The Morgan fingerprint density at radius 3 is 2.76 bits per heavy atom. The van der Waals surface area contributed by atoms with Crippen LogP contribution in [0.25, 0.3) is 0 Å². The summed E-state index contributed by atoms with van der Waals surface area (Å²) in [7, 11) is 0. The van der Waals surface area contributed by atoms with Gasteiger partial charge in [-0.1, -0.05) is 0 Å². The average molecular weight is 231 g/mol. The normalized spacial score (nSPS) is 25.1.